The highest BCUT2D eigenvalue weighted by atomic mass is 79.9. The van der Waals surface area contributed by atoms with Crippen LogP contribution < -0.4 is 10.0 Å². The van der Waals surface area contributed by atoms with Crippen molar-refractivity contribution in [3.63, 3.8) is 0 Å². The van der Waals surface area contributed by atoms with Crippen LogP contribution in [-0.2, 0) is 10.0 Å². The fourth-order valence-corrected chi connectivity index (χ4v) is 3.60. The van der Waals surface area contributed by atoms with E-state index in [9.17, 15) is 8.42 Å². The van der Waals surface area contributed by atoms with E-state index in [0.29, 0.717) is 17.9 Å². The molecule has 2 rings (SSSR count). The Morgan fingerprint density at radius 1 is 1.05 bits per heavy atom. The van der Waals surface area contributed by atoms with E-state index < -0.39 is 10.0 Å². The van der Waals surface area contributed by atoms with E-state index >= 15 is 0 Å². The Balaban J connectivity index is 2.44. The lowest BCUT2D eigenvalue weighted by atomic mass is 10.3. The van der Waals surface area contributed by atoms with E-state index in [4.69, 9.17) is 5.73 Å². The first-order valence-corrected chi connectivity index (χ1v) is 8.32. The Kier molecular flexibility index (Phi) is 4.35. The molecule has 6 heteroatoms. The van der Waals surface area contributed by atoms with Gasteiger partial charge in [0.05, 0.1) is 10.6 Å². The summed E-state index contributed by atoms with van der Waals surface area (Å²) < 4.78 is 27.5. The lowest BCUT2D eigenvalue weighted by Crippen LogP contribution is -2.30. The predicted octanol–water partition coefficient (Wildman–Crippen LogP) is 3.25. The molecule has 0 bridgehead atoms. The molecule has 0 radical (unpaired) electrons. The molecule has 20 heavy (non-hydrogen) atoms. The number of nitrogen functional groups attached to an aromatic ring is 1. The lowest BCUT2D eigenvalue weighted by Gasteiger charge is -2.23. The van der Waals surface area contributed by atoms with Gasteiger partial charge in [0, 0.05) is 16.7 Å². The molecule has 2 aromatic rings. The van der Waals surface area contributed by atoms with Gasteiger partial charge in [-0.2, -0.15) is 0 Å². The van der Waals surface area contributed by atoms with Crippen molar-refractivity contribution in [1.29, 1.82) is 0 Å². The quantitative estimate of drug-likeness (QED) is 0.857. The second-order valence-corrected chi connectivity index (χ2v) is 6.99. The maximum Gasteiger partial charge on any atom is 0.264 e. The Morgan fingerprint density at radius 3 is 2.10 bits per heavy atom. The van der Waals surface area contributed by atoms with Crippen LogP contribution in [0.2, 0.25) is 0 Å². The molecule has 0 aliphatic heterocycles. The van der Waals surface area contributed by atoms with Crippen molar-refractivity contribution < 1.29 is 8.42 Å². The molecule has 106 valence electrons. The van der Waals surface area contributed by atoms with Crippen LogP contribution >= 0.6 is 15.9 Å². The fraction of sp³-hybridized carbons (Fsp3) is 0.143. The first-order valence-electron chi connectivity index (χ1n) is 6.09. The monoisotopic (exact) mass is 354 g/mol. The molecule has 0 saturated carbocycles. The molecule has 0 fully saturated rings. The van der Waals surface area contributed by atoms with Gasteiger partial charge in [-0.1, -0.05) is 15.9 Å². The minimum Gasteiger partial charge on any atom is -0.399 e. The molecule has 0 unspecified atom stereocenters. The number of anilines is 2. The largest absolute Gasteiger partial charge is 0.399 e. The minimum absolute atomic E-state index is 0.233. The van der Waals surface area contributed by atoms with Crippen molar-refractivity contribution in [2.45, 2.75) is 11.8 Å². The molecule has 0 saturated heterocycles. The molecule has 4 nitrogen and oxygen atoms in total. The number of hydrogen-bond donors (Lipinski definition) is 1. The van der Waals surface area contributed by atoms with Crippen LogP contribution in [0, 0.1) is 0 Å². The maximum atomic E-state index is 12.6. The normalized spacial score (nSPS) is 11.3. The number of rotatable bonds is 4. The summed E-state index contributed by atoms with van der Waals surface area (Å²) >= 11 is 3.34. The molecule has 0 spiro atoms. The van der Waals surface area contributed by atoms with Crippen LogP contribution in [-0.4, -0.2) is 15.0 Å². The van der Waals surface area contributed by atoms with E-state index in [2.05, 4.69) is 15.9 Å². The van der Waals surface area contributed by atoms with Gasteiger partial charge in [0.25, 0.3) is 10.0 Å². The van der Waals surface area contributed by atoms with E-state index in [1.807, 2.05) is 12.1 Å². The summed E-state index contributed by atoms with van der Waals surface area (Å²) in [5, 5.41) is 0. The summed E-state index contributed by atoms with van der Waals surface area (Å²) in [4.78, 5) is 0.233. The average molecular weight is 355 g/mol. The molecule has 0 aromatic heterocycles. The van der Waals surface area contributed by atoms with Crippen LogP contribution in [0.5, 0.6) is 0 Å². The molecule has 0 heterocycles. The van der Waals surface area contributed by atoms with Gasteiger partial charge in [-0.3, -0.25) is 4.31 Å². The first kappa shape index (κ1) is 14.9. The topological polar surface area (TPSA) is 63.4 Å². The van der Waals surface area contributed by atoms with Gasteiger partial charge >= 0.3 is 0 Å². The van der Waals surface area contributed by atoms with E-state index in [0.717, 1.165) is 4.47 Å². The highest BCUT2D eigenvalue weighted by Crippen LogP contribution is 2.25. The smallest absolute Gasteiger partial charge is 0.264 e. The standard InChI is InChI=1S/C14H15BrN2O2S/c1-2-17(13-7-3-11(15)4-8-13)20(18,19)14-9-5-12(16)6-10-14/h3-10H,2,16H2,1H3. The van der Waals surface area contributed by atoms with Gasteiger partial charge in [-0.15, -0.1) is 0 Å². The number of hydrogen-bond acceptors (Lipinski definition) is 3. The van der Waals surface area contributed by atoms with Gasteiger partial charge < -0.3 is 5.73 Å². The van der Waals surface area contributed by atoms with Gasteiger partial charge in [-0.25, -0.2) is 8.42 Å². The summed E-state index contributed by atoms with van der Waals surface area (Å²) in [6.07, 6.45) is 0. The van der Waals surface area contributed by atoms with Crippen molar-refractivity contribution in [2.24, 2.45) is 0 Å². The van der Waals surface area contributed by atoms with Crippen molar-refractivity contribution >= 4 is 37.3 Å². The van der Waals surface area contributed by atoms with Crippen LogP contribution in [0.25, 0.3) is 0 Å². The van der Waals surface area contributed by atoms with Crippen LogP contribution in [0.15, 0.2) is 57.9 Å². The number of nitrogens with two attached hydrogens (primary N) is 1. The zero-order chi connectivity index (χ0) is 14.8. The molecule has 0 aliphatic rings. The third kappa shape index (κ3) is 2.96. The van der Waals surface area contributed by atoms with Crippen molar-refractivity contribution in [1.82, 2.24) is 0 Å². The van der Waals surface area contributed by atoms with Gasteiger partial charge in [0.1, 0.15) is 0 Å². The zero-order valence-electron chi connectivity index (χ0n) is 11.0. The van der Waals surface area contributed by atoms with E-state index in [1.165, 1.54) is 16.4 Å². The van der Waals surface area contributed by atoms with Crippen molar-refractivity contribution in [3.8, 4) is 0 Å². The molecule has 0 amide bonds. The van der Waals surface area contributed by atoms with E-state index in [1.54, 1.807) is 31.2 Å². The maximum absolute atomic E-state index is 12.6. The van der Waals surface area contributed by atoms with Crippen molar-refractivity contribution in [2.75, 3.05) is 16.6 Å². The summed E-state index contributed by atoms with van der Waals surface area (Å²) in [6, 6.07) is 13.4. The minimum atomic E-state index is -3.57. The van der Waals surface area contributed by atoms with Crippen LogP contribution in [0.4, 0.5) is 11.4 Å². The van der Waals surface area contributed by atoms with Crippen molar-refractivity contribution in [3.05, 3.63) is 53.0 Å². The van der Waals surface area contributed by atoms with Crippen LogP contribution in [0.3, 0.4) is 0 Å². The zero-order valence-corrected chi connectivity index (χ0v) is 13.4. The average Bonchev–Trinajstić information content (AvgIpc) is 2.42. The summed E-state index contributed by atoms with van der Waals surface area (Å²) in [6.45, 7) is 2.16. The molecule has 0 aliphatic carbocycles. The number of nitrogens with zero attached hydrogens (tertiary/aromatic N) is 1. The van der Waals surface area contributed by atoms with Crippen LogP contribution in [0.1, 0.15) is 6.92 Å². The Morgan fingerprint density at radius 2 is 1.60 bits per heavy atom. The van der Waals surface area contributed by atoms with Gasteiger partial charge in [0.2, 0.25) is 0 Å². The summed E-state index contributed by atoms with van der Waals surface area (Å²) in [5.74, 6) is 0. The highest BCUT2D eigenvalue weighted by molar-refractivity contribution is 9.10. The molecule has 2 N–H and O–H groups in total. The Labute approximate surface area is 127 Å². The predicted molar refractivity (Wildman–Crippen MR) is 85.2 cm³/mol. The third-order valence-electron chi connectivity index (χ3n) is 2.87. The van der Waals surface area contributed by atoms with Gasteiger partial charge in [-0.05, 0) is 55.5 Å². The second-order valence-electron chi connectivity index (χ2n) is 4.22. The molecule has 0 atom stereocenters. The Hall–Kier alpha value is -1.53. The highest BCUT2D eigenvalue weighted by Gasteiger charge is 2.23. The molecular weight excluding hydrogens is 340 g/mol. The third-order valence-corrected chi connectivity index (χ3v) is 5.32. The number of sulfonamides is 1. The SMILES string of the molecule is CCN(c1ccc(Br)cc1)S(=O)(=O)c1ccc(N)cc1. The number of benzene rings is 2. The first-order chi connectivity index (χ1) is 9.45. The van der Waals surface area contributed by atoms with E-state index in [-0.39, 0.29) is 4.90 Å². The lowest BCUT2D eigenvalue weighted by molar-refractivity contribution is 0.592. The molecular formula is C14H15BrN2O2S. The fourth-order valence-electron chi connectivity index (χ4n) is 1.87. The van der Waals surface area contributed by atoms with Gasteiger partial charge in [0.15, 0.2) is 0 Å². The number of halogens is 1. The molecule has 2 aromatic carbocycles. The second kappa shape index (κ2) is 5.85. The summed E-state index contributed by atoms with van der Waals surface area (Å²) in [5.41, 5.74) is 6.76. The Bertz CT molecular complexity index is 682. The summed E-state index contributed by atoms with van der Waals surface area (Å²) in [7, 11) is -3.57.